The molecule has 1 unspecified atom stereocenters. The molecule has 0 fully saturated rings. The van der Waals surface area contributed by atoms with E-state index in [0.717, 1.165) is 5.69 Å². The van der Waals surface area contributed by atoms with Crippen molar-refractivity contribution in [2.75, 3.05) is 6.54 Å². The lowest BCUT2D eigenvalue weighted by molar-refractivity contribution is 0.550. The van der Waals surface area contributed by atoms with Crippen molar-refractivity contribution in [3.8, 4) is 0 Å². The van der Waals surface area contributed by atoms with Gasteiger partial charge in [-0.3, -0.25) is 9.97 Å². The maximum atomic E-state index is 14.4. The van der Waals surface area contributed by atoms with Gasteiger partial charge in [0.05, 0.1) is 28.6 Å². The van der Waals surface area contributed by atoms with Crippen LogP contribution in [-0.4, -0.2) is 16.5 Å². The molecule has 6 heteroatoms. The van der Waals surface area contributed by atoms with Crippen LogP contribution in [0.4, 0.5) is 4.39 Å². The van der Waals surface area contributed by atoms with Crippen molar-refractivity contribution in [1.82, 2.24) is 15.3 Å². The number of rotatable bonds is 4. The van der Waals surface area contributed by atoms with Crippen molar-refractivity contribution in [3.05, 3.63) is 56.8 Å². The van der Waals surface area contributed by atoms with E-state index in [1.807, 2.05) is 13.8 Å². The Morgan fingerprint density at radius 3 is 2.70 bits per heavy atom. The van der Waals surface area contributed by atoms with E-state index >= 15 is 0 Å². The van der Waals surface area contributed by atoms with E-state index < -0.39 is 5.82 Å². The first-order valence-corrected chi connectivity index (χ1v) is 7.37. The number of aryl methyl sites for hydroxylation is 1. The van der Waals surface area contributed by atoms with Gasteiger partial charge in [0, 0.05) is 16.2 Å². The van der Waals surface area contributed by atoms with Crippen molar-refractivity contribution in [1.29, 1.82) is 0 Å². The standard InChI is InChI=1S/C14H14BrClFN3/c1-3-18-14(11-7-19-8(2)6-20-11)9-4-5-10(15)12(16)13(9)17/h4-7,14,18H,3H2,1-2H3. The molecule has 0 aliphatic rings. The van der Waals surface area contributed by atoms with E-state index in [9.17, 15) is 4.39 Å². The summed E-state index contributed by atoms with van der Waals surface area (Å²) >= 11 is 9.17. The molecule has 1 N–H and O–H groups in total. The average molecular weight is 359 g/mol. The van der Waals surface area contributed by atoms with Crippen LogP contribution in [0.25, 0.3) is 0 Å². The maximum Gasteiger partial charge on any atom is 0.148 e. The summed E-state index contributed by atoms with van der Waals surface area (Å²) in [6, 6.07) is 3.05. The molecule has 0 spiro atoms. The lowest BCUT2D eigenvalue weighted by Crippen LogP contribution is -2.24. The largest absolute Gasteiger partial charge is 0.305 e. The van der Waals surface area contributed by atoms with Crippen LogP contribution < -0.4 is 5.32 Å². The minimum atomic E-state index is -0.450. The Morgan fingerprint density at radius 1 is 1.35 bits per heavy atom. The molecule has 2 aromatic rings. The van der Waals surface area contributed by atoms with Gasteiger partial charge < -0.3 is 5.32 Å². The minimum absolute atomic E-state index is 0.0745. The highest BCUT2D eigenvalue weighted by Gasteiger charge is 2.21. The second kappa shape index (κ2) is 6.61. The molecule has 3 nitrogen and oxygen atoms in total. The third kappa shape index (κ3) is 3.16. The Bertz CT molecular complexity index is 604. The molecule has 20 heavy (non-hydrogen) atoms. The van der Waals surface area contributed by atoms with Gasteiger partial charge in [-0.1, -0.05) is 24.6 Å². The molecule has 0 bridgehead atoms. The molecule has 0 aliphatic carbocycles. The lowest BCUT2D eigenvalue weighted by Gasteiger charge is -2.19. The Balaban J connectivity index is 2.48. The molecule has 1 heterocycles. The predicted octanol–water partition coefficient (Wildman–Crippen LogP) is 4.04. The Kier molecular flexibility index (Phi) is 5.07. The van der Waals surface area contributed by atoms with E-state index in [-0.39, 0.29) is 11.1 Å². The van der Waals surface area contributed by atoms with E-state index in [2.05, 4.69) is 31.2 Å². The molecule has 0 radical (unpaired) electrons. The quantitative estimate of drug-likeness (QED) is 0.838. The molecule has 0 saturated carbocycles. The highest BCUT2D eigenvalue weighted by molar-refractivity contribution is 9.10. The van der Waals surface area contributed by atoms with Crippen molar-refractivity contribution in [2.24, 2.45) is 0 Å². The molecular formula is C14H14BrClFN3. The van der Waals surface area contributed by atoms with Gasteiger partial charge in [0.15, 0.2) is 0 Å². The van der Waals surface area contributed by atoms with E-state index in [1.165, 1.54) is 0 Å². The van der Waals surface area contributed by atoms with Crippen molar-refractivity contribution < 1.29 is 4.39 Å². The summed E-state index contributed by atoms with van der Waals surface area (Å²) in [5, 5.41) is 3.28. The molecule has 1 aromatic carbocycles. The fourth-order valence-electron chi connectivity index (χ4n) is 1.89. The zero-order valence-corrected chi connectivity index (χ0v) is 13.5. The fraction of sp³-hybridized carbons (Fsp3) is 0.286. The van der Waals surface area contributed by atoms with Gasteiger partial charge in [-0.25, -0.2) is 4.39 Å². The molecule has 0 saturated heterocycles. The van der Waals surface area contributed by atoms with Crippen LogP contribution in [0.1, 0.15) is 29.9 Å². The molecule has 106 valence electrons. The van der Waals surface area contributed by atoms with Crippen LogP contribution in [0.3, 0.4) is 0 Å². The Labute approximate surface area is 130 Å². The van der Waals surface area contributed by atoms with E-state index in [4.69, 9.17) is 11.6 Å². The first kappa shape index (κ1) is 15.4. The van der Waals surface area contributed by atoms with Crippen LogP contribution in [0, 0.1) is 12.7 Å². The third-order valence-electron chi connectivity index (χ3n) is 2.88. The van der Waals surface area contributed by atoms with Crippen molar-refractivity contribution in [3.63, 3.8) is 0 Å². The van der Waals surface area contributed by atoms with Crippen LogP contribution in [0.5, 0.6) is 0 Å². The van der Waals surface area contributed by atoms with Gasteiger partial charge in [-0.05, 0) is 35.5 Å². The predicted molar refractivity (Wildman–Crippen MR) is 81.4 cm³/mol. The molecule has 1 atom stereocenters. The Morgan fingerprint density at radius 2 is 2.10 bits per heavy atom. The maximum absolute atomic E-state index is 14.4. The van der Waals surface area contributed by atoms with Crippen molar-refractivity contribution >= 4 is 27.5 Å². The SMILES string of the molecule is CCNC(c1cnc(C)cn1)c1ccc(Br)c(Cl)c1F. The molecule has 2 rings (SSSR count). The number of halogens is 3. The molecule has 1 aromatic heterocycles. The van der Waals surface area contributed by atoms with Gasteiger partial charge >= 0.3 is 0 Å². The van der Waals surface area contributed by atoms with E-state index in [0.29, 0.717) is 22.3 Å². The zero-order chi connectivity index (χ0) is 14.7. The summed E-state index contributed by atoms with van der Waals surface area (Å²) in [6.45, 7) is 4.48. The average Bonchev–Trinajstić information content (AvgIpc) is 2.44. The number of aromatic nitrogens is 2. The second-order valence-electron chi connectivity index (χ2n) is 4.34. The smallest absolute Gasteiger partial charge is 0.148 e. The van der Waals surface area contributed by atoms with Crippen molar-refractivity contribution in [2.45, 2.75) is 19.9 Å². The molecular weight excluding hydrogens is 345 g/mol. The van der Waals surface area contributed by atoms with Crippen LogP contribution in [0.15, 0.2) is 29.0 Å². The Hall–Kier alpha value is -1.04. The monoisotopic (exact) mass is 357 g/mol. The summed E-state index contributed by atoms with van der Waals surface area (Å²) in [4.78, 5) is 8.53. The number of hydrogen-bond acceptors (Lipinski definition) is 3. The van der Waals surface area contributed by atoms with Gasteiger partial charge in [0.25, 0.3) is 0 Å². The van der Waals surface area contributed by atoms with Crippen LogP contribution in [0.2, 0.25) is 5.02 Å². The van der Waals surface area contributed by atoms with E-state index in [1.54, 1.807) is 24.5 Å². The van der Waals surface area contributed by atoms with Gasteiger partial charge in [0.2, 0.25) is 0 Å². The summed E-state index contributed by atoms with van der Waals surface area (Å²) in [6.07, 6.45) is 3.32. The van der Waals surface area contributed by atoms with Crippen LogP contribution >= 0.6 is 27.5 Å². The minimum Gasteiger partial charge on any atom is -0.305 e. The third-order valence-corrected chi connectivity index (χ3v) is 4.14. The van der Waals surface area contributed by atoms with Gasteiger partial charge in [0.1, 0.15) is 5.82 Å². The van der Waals surface area contributed by atoms with Crippen LogP contribution in [-0.2, 0) is 0 Å². The number of nitrogens with zero attached hydrogens (tertiary/aromatic N) is 2. The number of hydrogen-bond donors (Lipinski definition) is 1. The molecule has 0 amide bonds. The highest BCUT2D eigenvalue weighted by Crippen LogP contribution is 2.32. The first-order chi connectivity index (χ1) is 9.54. The summed E-state index contributed by atoms with van der Waals surface area (Å²) in [5.74, 6) is -0.450. The zero-order valence-electron chi connectivity index (χ0n) is 11.1. The second-order valence-corrected chi connectivity index (χ2v) is 5.57. The highest BCUT2D eigenvalue weighted by atomic mass is 79.9. The first-order valence-electron chi connectivity index (χ1n) is 6.20. The fourth-order valence-corrected chi connectivity index (χ4v) is 2.37. The summed E-state index contributed by atoms with van der Waals surface area (Å²) in [5.41, 5.74) is 1.94. The van der Waals surface area contributed by atoms with Gasteiger partial charge in [-0.15, -0.1) is 0 Å². The lowest BCUT2D eigenvalue weighted by atomic mass is 10.0. The normalized spacial score (nSPS) is 12.4. The number of nitrogens with one attached hydrogen (secondary N) is 1. The summed E-state index contributed by atoms with van der Waals surface area (Å²) in [7, 11) is 0. The summed E-state index contributed by atoms with van der Waals surface area (Å²) < 4.78 is 14.9. The van der Waals surface area contributed by atoms with Gasteiger partial charge in [-0.2, -0.15) is 0 Å². The topological polar surface area (TPSA) is 37.8 Å². The number of benzene rings is 1. The molecule has 0 aliphatic heterocycles.